The van der Waals surface area contributed by atoms with Gasteiger partial charge in [0.15, 0.2) is 11.5 Å². The number of halogens is 1. The number of carbonyl (C=O) groups is 1. The fourth-order valence-electron chi connectivity index (χ4n) is 5.18. The number of amides is 1. The van der Waals surface area contributed by atoms with E-state index < -0.39 is 11.7 Å². The van der Waals surface area contributed by atoms with Crippen LogP contribution in [0.4, 0.5) is 21.6 Å². The number of aryl methyl sites for hydroxylation is 1. The molecule has 2 N–H and O–H groups in total. The van der Waals surface area contributed by atoms with Crippen LogP contribution in [-0.2, 0) is 4.79 Å². The first-order valence-electron chi connectivity index (χ1n) is 14.0. The van der Waals surface area contributed by atoms with E-state index >= 15 is 0 Å². The number of anilines is 3. The highest BCUT2D eigenvalue weighted by atomic mass is 19.1. The fraction of sp³-hybridized carbons (Fsp3) is 0.258. The van der Waals surface area contributed by atoms with Gasteiger partial charge in [-0.25, -0.2) is 23.9 Å². The number of fused-ring (bicyclic) bond motifs is 2. The van der Waals surface area contributed by atoms with Crippen LogP contribution in [0.25, 0.3) is 16.6 Å². The number of hydrogen-bond donors (Lipinski definition) is 2. The molecule has 0 aliphatic carbocycles. The minimum Gasteiger partial charge on any atom is -0.494 e. The van der Waals surface area contributed by atoms with Gasteiger partial charge in [0.1, 0.15) is 41.5 Å². The summed E-state index contributed by atoms with van der Waals surface area (Å²) in [6.07, 6.45) is 7.76. The number of aromatic nitrogens is 5. The molecule has 0 bridgehead atoms. The topological polar surface area (TPSA) is 128 Å². The third-order valence-electron chi connectivity index (χ3n) is 7.56. The van der Waals surface area contributed by atoms with E-state index in [0.717, 1.165) is 24.9 Å². The largest absolute Gasteiger partial charge is 0.494 e. The highest BCUT2D eigenvalue weighted by molar-refractivity contribution is 6.05. The minimum absolute atomic E-state index is 0.115. The highest BCUT2D eigenvalue weighted by Gasteiger charge is 2.22. The summed E-state index contributed by atoms with van der Waals surface area (Å²) in [6, 6.07) is 10.5. The Morgan fingerprint density at radius 3 is 2.61 bits per heavy atom. The zero-order chi connectivity index (χ0) is 30.8. The van der Waals surface area contributed by atoms with E-state index in [2.05, 4.69) is 30.7 Å². The van der Waals surface area contributed by atoms with Crippen molar-refractivity contribution in [2.24, 2.45) is 0 Å². The molecule has 44 heavy (non-hydrogen) atoms. The summed E-state index contributed by atoms with van der Waals surface area (Å²) in [5.41, 5.74) is 3.00. The molecule has 3 aromatic heterocycles. The van der Waals surface area contributed by atoms with Crippen molar-refractivity contribution in [1.82, 2.24) is 29.5 Å². The summed E-state index contributed by atoms with van der Waals surface area (Å²) < 4.78 is 33.8. The molecule has 0 saturated carbocycles. The van der Waals surface area contributed by atoms with E-state index in [-0.39, 0.29) is 11.7 Å². The van der Waals surface area contributed by atoms with Crippen molar-refractivity contribution < 1.29 is 23.4 Å². The molecule has 6 rings (SSSR count). The van der Waals surface area contributed by atoms with Gasteiger partial charge < -0.3 is 24.8 Å². The molecule has 0 radical (unpaired) electrons. The zero-order valence-corrected chi connectivity index (χ0v) is 24.7. The molecule has 1 fully saturated rings. The van der Waals surface area contributed by atoms with Crippen LogP contribution in [0.1, 0.15) is 18.4 Å². The number of nitrogens with one attached hydrogen (secondary N) is 2. The van der Waals surface area contributed by atoms with Gasteiger partial charge in [-0.15, -0.1) is 0 Å². The molecule has 226 valence electrons. The summed E-state index contributed by atoms with van der Waals surface area (Å²) in [5, 5.41) is 10.7. The predicted molar refractivity (Wildman–Crippen MR) is 164 cm³/mol. The number of likely N-dealkylation sites (tertiary alicyclic amines) is 1. The number of benzene rings is 2. The second-order valence-electron chi connectivity index (χ2n) is 10.4. The lowest BCUT2D eigenvalue weighted by Crippen LogP contribution is -2.24. The molecule has 1 atom stereocenters. The molecule has 13 heteroatoms. The summed E-state index contributed by atoms with van der Waals surface area (Å²) in [4.78, 5) is 27.8. The van der Waals surface area contributed by atoms with E-state index in [1.165, 1.54) is 25.8 Å². The van der Waals surface area contributed by atoms with Crippen LogP contribution in [0.2, 0.25) is 0 Å². The molecule has 1 aliphatic rings. The summed E-state index contributed by atoms with van der Waals surface area (Å²) >= 11 is 0. The lowest BCUT2D eigenvalue weighted by Gasteiger charge is -2.17. The number of nitrogens with zero attached hydrogens (tertiary/aromatic N) is 6. The third kappa shape index (κ3) is 5.81. The summed E-state index contributed by atoms with van der Waals surface area (Å²) in [5.74, 6) is 0.751. The number of rotatable bonds is 9. The second kappa shape index (κ2) is 12.1. The molecule has 4 heterocycles. The average Bonchev–Trinajstić information content (AvgIpc) is 3.66. The fourth-order valence-corrected chi connectivity index (χ4v) is 5.18. The predicted octanol–water partition coefficient (Wildman–Crippen LogP) is 5.42. The molecule has 12 nitrogen and oxygen atoms in total. The van der Waals surface area contributed by atoms with Gasteiger partial charge in [-0.1, -0.05) is 0 Å². The van der Waals surface area contributed by atoms with Crippen LogP contribution in [-0.4, -0.2) is 69.2 Å². The SMILES string of the molecule is COc1cc2ncnc(Nc3cc(C)c(Oc4ccc5ncnn5c4)cc3OC)c2cc1NC(=O)/C(F)=C/C1CCCN1C. The Bertz CT molecular complexity index is 1890. The van der Waals surface area contributed by atoms with Crippen molar-refractivity contribution in [1.29, 1.82) is 0 Å². The van der Waals surface area contributed by atoms with Crippen LogP contribution < -0.4 is 24.8 Å². The van der Waals surface area contributed by atoms with Gasteiger partial charge in [-0.2, -0.15) is 5.10 Å². The molecular weight excluding hydrogens is 567 g/mol. The number of carbonyl (C=O) groups excluding carboxylic acids is 1. The Kier molecular flexibility index (Phi) is 7.94. The maximum atomic E-state index is 14.9. The van der Waals surface area contributed by atoms with Crippen molar-refractivity contribution in [3.8, 4) is 23.0 Å². The van der Waals surface area contributed by atoms with E-state index in [4.69, 9.17) is 14.2 Å². The molecule has 1 unspecified atom stereocenters. The standard InChI is InChI=1S/C31H31FN8O4/c1-18-10-24(28(43-4)14-26(18)44-20-7-8-29-34-17-36-40(29)15-20)37-30-21-12-25(27(42-3)13-23(21)33-16-35-30)38-31(41)22(32)11-19-6-5-9-39(19)2/h7-8,10-17,19H,5-6,9H2,1-4H3,(H,38,41)(H,33,35,37)/b22-11-. The monoisotopic (exact) mass is 598 g/mol. The van der Waals surface area contributed by atoms with Crippen molar-refractivity contribution >= 4 is 39.6 Å². The van der Waals surface area contributed by atoms with Crippen LogP contribution in [0, 0.1) is 6.92 Å². The van der Waals surface area contributed by atoms with Crippen molar-refractivity contribution in [2.45, 2.75) is 25.8 Å². The maximum Gasteiger partial charge on any atom is 0.284 e. The lowest BCUT2D eigenvalue weighted by atomic mass is 10.1. The Hall–Kier alpha value is -5.30. The first-order chi connectivity index (χ1) is 21.3. The smallest absolute Gasteiger partial charge is 0.284 e. The van der Waals surface area contributed by atoms with E-state index in [1.54, 1.807) is 36.0 Å². The molecule has 2 aromatic carbocycles. The second-order valence-corrected chi connectivity index (χ2v) is 10.4. The van der Waals surface area contributed by atoms with Gasteiger partial charge in [-0.05, 0) is 69.3 Å². The van der Waals surface area contributed by atoms with Gasteiger partial charge in [0.2, 0.25) is 0 Å². The number of pyridine rings is 1. The van der Waals surface area contributed by atoms with Crippen LogP contribution in [0.5, 0.6) is 23.0 Å². The van der Waals surface area contributed by atoms with Gasteiger partial charge in [0.05, 0.1) is 37.3 Å². The molecule has 1 aliphatic heterocycles. The number of methoxy groups -OCH3 is 2. The van der Waals surface area contributed by atoms with E-state index in [0.29, 0.717) is 51.1 Å². The quantitative estimate of drug-likeness (QED) is 0.212. The first kappa shape index (κ1) is 28.8. The molecule has 0 spiro atoms. The third-order valence-corrected chi connectivity index (χ3v) is 7.56. The molecule has 5 aromatic rings. The normalized spacial score (nSPS) is 15.5. The highest BCUT2D eigenvalue weighted by Crippen LogP contribution is 2.39. The Balaban J connectivity index is 1.28. The van der Waals surface area contributed by atoms with E-state index in [1.807, 2.05) is 37.1 Å². The number of likely N-dealkylation sites (N-methyl/N-ethyl adjacent to an activating group) is 1. The lowest BCUT2D eigenvalue weighted by molar-refractivity contribution is -0.114. The number of ether oxygens (including phenoxy) is 3. The number of hydrogen-bond acceptors (Lipinski definition) is 10. The Morgan fingerprint density at radius 2 is 1.84 bits per heavy atom. The minimum atomic E-state index is -0.856. The van der Waals surface area contributed by atoms with Crippen LogP contribution in [0.3, 0.4) is 0 Å². The Morgan fingerprint density at radius 1 is 1.02 bits per heavy atom. The van der Waals surface area contributed by atoms with Gasteiger partial charge in [0, 0.05) is 23.6 Å². The summed E-state index contributed by atoms with van der Waals surface area (Å²) in [6.45, 7) is 2.78. The first-order valence-corrected chi connectivity index (χ1v) is 14.0. The molecule has 1 saturated heterocycles. The van der Waals surface area contributed by atoms with Crippen molar-refractivity contribution in [2.75, 3.05) is 38.4 Å². The van der Waals surface area contributed by atoms with Crippen LogP contribution in [0.15, 0.2) is 67.2 Å². The maximum absolute atomic E-state index is 14.9. The van der Waals surface area contributed by atoms with Crippen LogP contribution >= 0.6 is 0 Å². The van der Waals surface area contributed by atoms with Gasteiger partial charge in [-0.3, -0.25) is 9.69 Å². The van der Waals surface area contributed by atoms with Gasteiger partial charge in [0.25, 0.3) is 5.91 Å². The van der Waals surface area contributed by atoms with Crippen molar-refractivity contribution in [3.05, 3.63) is 72.7 Å². The average molecular weight is 599 g/mol. The molecular formula is C31H31FN8O4. The Labute approximate surface area is 252 Å². The van der Waals surface area contributed by atoms with Gasteiger partial charge >= 0.3 is 0 Å². The van der Waals surface area contributed by atoms with Crippen molar-refractivity contribution in [3.63, 3.8) is 0 Å². The summed E-state index contributed by atoms with van der Waals surface area (Å²) in [7, 11) is 4.94. The zero-order valence-electron chi connectivity index (χ0n) is 24.7. The van der Waals surface area contributed by atoms with E-state index in [9.17, 15) is 9.18 Å². The molecule has 1 amide bonds.